The van der Waals surface area contributed by atoms with Gasteiger partial charge in [-0.05, 0) is 24.6 Å². The molecule has 2 aromatic carbocycles. The number of benzene rings is 2. The zero-order valence-electron chi connectivity index (χ0n) is 15.3. The number of hydrogen-bond donors (Lipinski definition) is 1. The molecule has 1 aliphatic heterocycles. The average Bonchev–Trinajstić information content (AvgIpc) is 3.20. The number of para-hydroxylation sites is 2. The molecule has 0 aliphatic carbocycles. The van der Waals surface area contributed by atoms with Gasteiger partial charge < -0.3 is 10.1 Å². The highest BCUT2D eigenvalue weighted by atomic mass is 32.1. The third-order valence-corrected chi connectivity index (χ3v) is 5.37. The molecule has 1 aliphatic rings. The summed E-state index contributed by atoms with van der Waals surface area (Å²) in [5.74, 6) is 0.318. The van der Waals surface area contributed by atoms with Crippen molar-refractivity contribution in [1.82, 2.24) is 10.3 Å². The smallest absolute Gasteiger partial charge is 0.271 e. The first-order valence-electron chi connectivity index (χ1n) is 8.94. The molecular formula is C21H19N3O3S. The van der Waals surface area contributed by atoms with E-state index in [1.807, 2.05) is 61.5 Å². The molecule has 28 heavy (non-hydrogen) atoms. The number of anilines is 1. The molecule has 2 heterocycles. The second-order valence-corrected chi connectivity index (χ2v) is 7.41. The molecule has 0 saturated heterocycles. The van der Waals surface area contributed by atoms with Crippen LogP contribution in [-0.4, -0.2) is 23.4 Å². The summed E-state index contributed by atoms with van der Waals surface area (Å²) in [5, 5.41) is 5.38. The topological polar surface area (TPSA) is 71.5 Å². The van der Waals surface area contributed by atoms with Crippen molar-refractivity contribution in [3.63, 3.8) is 0 Å². The van der Waals surface area contributed by atoms with Crippen molar-refractivity contribution in [3.05, 3.63) is 76.2 Å². The highest BCUT2D eigenvalue weighted by Gasteiger charge is 2.26. The molecule has 142 valence electrons. The van der Waals surface area contributed by atoms with Crippen molar-refractivity contribution >= 4 is 28.8 Å². The standard InChI is InChI=1S/C21H19N3O3S/c1-14(15-7-3-2-4-8-15)22-21(26)16-13-28-19(23-16)11-24-17-9-5-6-10-18(17)27-12-20(24)25/h2-10,13-14H,11-12H2,1H3,(H,22,26). The second-order valence-electron chi connectivity index (χ2n) is 6.47. The van der Waals surface area contributed by atoms with Gasteiger partial charge in [-0.3, -0.25) is 14.5 Å². The number of thiazole rings is 1. The fourth-order valence-electron chi connectivity index (χ4n) is 3.05. The molecule has 1 aromatic heterocycles. The number of rotatable bonds is 5. The number of carbonyl (C=O) groups is 2. The maximum Gasteiger partial charge on any atom is 0.271 e. The number of hydrogen-bond acceptors (Lipinski definition) is 5. The SMILES string of the molecule is CC(NC(=O)c1csc(CN2C(=O)COc3ccccc32)n1)c1ccccc1. The summed E-state index contributed by atoms with van der Waals surface area (Å²) < 4.78 is 5.46. The molecule has 6 nitrogen and oxygen atoms in total. The Hall–Kier alpha value is -3.19. The van der Waals surface area contributed by atoms with Crippen LogP contribution in [0.4, 0.5) is 5.69 Å². The Kier molecular flexibility index (Phi) is 5.08. The predicted molar refractivity (Wildman–Crippen MR) is 108 cm³/mol. The van der Waals surface area contributed by atoms with Crippen LogP contribution in [0.25, 0.3) is 0 Å². The quantitative estimate of drug-likeness (QED) is 0.719. The van der Waals surface area contributed by atoms with Crippen molar-refractivity contribution < 1.29 is 14.3 Å². The predicted octanol–water partition coefficient (Wildman–Crippen LogP) is 3.56. The van der Waals surface area contributed by atoms with Gasteiger partial charge in [0.2, 0.25) is 0 Å². The minimum absolute atomic E-state index is 0.00429. The lowest BCUT2D eigenvalue weighted by Crippen LogP contribution is -2.38. The van der Waals surface area contributed by atoms with E-state index in [0.29, 0.717) is 23.0 Å². The first-order valence-corrected chi connectivity index (χ1v) is 9.82. The van der Waals surface area contributed by atoms with Gasteiger partial charge in [0.05, 0.1) is 18.3 Å². The summed E-state index contributed by atoms with van der Waals surface area (Å²) in [4.78, 5) is 30.9. The molecule has 1 atom stereocenters. The Balaban J connectivity index is 1.46. The average molecular weight is 393 g/mol. The summed E-state index contributed by atoms with van der Waals surface area (Å²) in [6.07, 6.45) is 0. The third-order valence-electron chi connectivity index (χ3n) is 4.53. The second kappa shape index (κ2) is 7.82. The van der Waals surface area contributed by atoms with Crippen molar-refractivity contribution in [3.8, 4) is 5.75 Å². The fourth-order valence-corrected chi connectivity index (χ4v) is 3.81. The Morgan fingerprint density at radius 3 is 2.79 bits per heavy atom. The van der Waals surface area contributed by atoms with Gasteiger partial charge in [0.1, 0.15) is 16.5 Å². The molecule has 3 aromatic rings. The Labute approximate surface area is 166 Å². The molecule has 0 bridgehead atoms. The monoisotopic (exact) mass is 393 g/mol. The lowest BCUT2D eigenvalue weighted by molar-refractivity contribution is -0.121. The minimum atomic E-state index is -0.229. The summed E-state index contributed by atoms with van der Waals surface area (Å²) in [6.45, 7) is 2.25. The van der Waals surface area contributed by atoms with E-state index in [1.165, 1.54) is 11.3 Å². The van der Waals surface area contributed by atoms with Crippen LogP contribution < -0.4 is 15.0 Å². The van der Waals surface area contributed by atoms with E-state index in [9.17, 15) is 9.59 Å². The normalized spacial score (nSPS) is 14.2. The number of ether oxygens (including phenoxy) is 1. The van der Waals surface area contributed by atoms with Crippen LogP contribution in [0.15, 0.2) is 60.0 Å². The van der Waals surface area contributed by atoms with Gasteiger partial charge in [0.15, 0.2) is 6.61 Å². The first-order chi connectivity index (χ1) is 13.6. The van der Waals surface area contributed by atoms with E-state index in [2.05, 4.69) is 10.3 Å². The van der Waals surface area contributed by atoms with Gasteiger partial charge in [0.25, 0.3) is 11.8 Å². The van der Waals surface area contributed by atoms with Crippen LogP contribution in [-0.2, 0) is 11.3 Å². The minimum Gasteiger partial charge on any atom is -0.482 e. The maximum absolute atomic E-state index is 12.5. The van der Waals surface area contributed by atoms with Crippen LogP contribution in [0.3, 0.4) is 0 Å². The number of nitrogens with zero attached hydrogens (tertiary/aromatic N) is 2. The van der Waals surface area contributed by atoms with Gasteiger partial charge in [-0.2, -0.15) is 0 Å². The number of aromatic nitrogens is 1. The van der Waals surface area contributed by atoms with E-state index >= 15 is 0 Å². The largest absolute Gasteiger partial charge is 0.482 e. The lowest BCUT2D eigenvalue weighted by Gasteiger charge is -2.28. The number of fused-ring (bicyclic) bond motifs is 1. The number of amides is 2. The molecule has 2 amide bonds. The van der Waals surface area contributed by atoms with E-state index in [0.717, 1.165) is 11.3 Å². The van der Waals surface area contributed by atoms with Gasteiger partial charge >= 0.3 is 0 Å². The molecule has 0 saturated carbocycles. The Morgan fingerprint density at radius 2 is 1.96 bits per heavy atom. The highest BCUT2D eigenvalue weighted by Crippen LogP contribution is 2.32. The molecule has 0 fully saturated rings. The van der Waals surface area contributed by atoms with Gasteiger partial charge in [-0.15, -0.1) is 11.3 Å². The molecule has 1 N–H and O–H groups in total. The van der Waals surface area contributed by atoms with Crippen molar-refractivity contribution in [2.24, 2.45) is 0 Å². The molecule has 4 rings (SSSR count). The summed E-state index contributed by atoms with van der Waals surface area (Å²) in [5.41, 5.74) is 2.11. The van der Waals surface area contributed by atoms with E-state index in [4.69, 9.17) is 4.74 Å². The molecule has 1 unspecified atom stereocenters. The molecule has 0 radical (unpaired) electrons. The van der Waals surface area contributed by atoms with E-state index in [1.54, 1.807) is 10.3 Å². The van der Waals surface area contributed by atoms with Crippen LogP contribution >= 0.6 is 11.3 Å². The highest BCUT2D eigenvalue weighted by molar-refractivity contribution is 7.09. The van der Waals surface area contributed by atoms with E-state index < -0.39 is 0 Å². The van der Waals surface area contributed by atoms with Crippen molar-refractivity contribution in [2.45, 2.75) is 19.5 Å². The Bertz CT molecular complexity index is 1000. The maximum atomic E-state index is 12.5. The lowest BCUT2D eigenvalue weighted by atomic mass is 10.1. The van der Waals surface area contributed by atoms with Crippen molar-refractivity contribution in [2.75, 3.05) is 11.5 Å². The van der Waals surface area contributed by atoms with E-state index in [-0.39, 0.29) is 24.5 Å². The molecule has 7 heteroatoms. The number of carbonyl (C=O) groups excluding carboxylic acids is 2. The fraction of sp³-hybridized carbons (Fsp3) is 0.190. The molecular weight excluding hydrogens is 374 g/mol. The van der Waals surface area contributed by atoms with Crippen LogP contribution in [0.5, 0.6) is 5.75 Å². The van der Waals surface area contributed by atoms with Crippen LogP contribution in [0.1, 0.15) is 34.0 Å². The summed E-state index contributed by atoms with van der Waals surface area (Å²) in [7, 11) is 0. The molecule has 0 spiro atoms. The van der Waals surface area contributed by atoms with Crippen LogP contribution in [0.2, 0.25) is 0 Å². The zero-order chi connectivity index (χ0) is 19.5. The van der Waals surface area contributed by atoms with Gasteiger partial charge in [0, 0.05) is 5.38 Å². The van der Waals surface area contributed by atoms with Crippen molar-refractivity contribution in [1.29, 1.82) is 0 Å². The summed E-state index contributed by atoms with van der Waals surface area (Å²) >= 11 is 1.36. The Morgan fingerprint density at radius 1 is 1.21 bits per heavy atom. The first kappa shape index (κ1) is 18.2. The zero-order valence-corrected chi connectivity index (χ0v) is 16.1. The summed E-state index contributed by atoms with van der Waals surface area (Å²) in [6, 6.07) is 17.0. The van der Waals surface area contributed by atoms with Gasteiger partial charge in [-0.1, -0.05) is 42.5 Å². The number of nitrogens with one attached hydrogen (secondary N) is 1. The van der Waals surface area contributed by atoms with Crippen LogP contribution in [0, 0.1) is 0 Å². The van der Waals surface area contributed by atoms with Gasteiger partial charge in [-0.25, -0.2) is 4.98 Å². The third kappa shape index (κ3) is 3.75.